The summed E-state index contributed by atoms with van der Waals surface area (Å²) in [5.41, 5.74) is 13.6. The second kappa shape index (κ2) is 17.1. The van der Waals surface area contributed by atoms with Gasteiger partial charge in [-0.05, 0) is 24.3 Å². The van der Waals surface area contributed by atoms with E-state index in [0.717, 1.165) is 27.5 Å². The molecule has 0 spiro atoms. The molecule has 213 valence electrons. The predicted molar refractivity (Wildman–Crippen MR) is 156 cm³/mol. The molecule has 41 heavy (non-hydrogen) atoms. The van der Waals surface area contributed by atoms with Crippen LogP contribution >= 0.6 is 0 Å². The molecule has 0 fully saturated rings. The van der Waals surface area contributed by atoms with Crippen LogP contribution in [0.1, 0.15) is 27.1 Å². The van der Waals surface area contributed by atoms with Crippen LogP contribution in [0.3, 0.4) is 0 Å². The van der Waals surface area contributed by atoms with E-state index >= 15 is 0 Å². The number of hydrogen-bond acceptors (Lipinski definition) is 9. The van der Waals surface area contributed by atoms with Crippen LogP contribution in [0.25, 0.3) is 21.8 Å². The zero-order valence-electron chi connectivity index (χ0n) is 22.2. The van der Waals surface area contributed by atoms with Crippen molar-refractivity contribution in [2.75, 3.05) is 25.6 Å². The molecule has 0 saturated carbocycles. The Kier molecular flexibility index (Phi) is 14.3. The van der Waals surface area contributed by atoms with Crippen molar-refractivity contribution in [3.8, 4) is 0 Å². The Labute approximate surface area is 278 Å². The van der Waals surface area contributed by atoms with Crippen LogP contribution in [0.2, 0.25) is 0 Å². The van der Waals surface area contributed by atoms with Gasteiger partial charge in [-0.2, -0.15) is 0 Å². The summed E-state index contributed by atoms with van der Waals surface area (Å²) in [7, 11) is 0. The van der Waals surface area contributed by atoms with Crippen LogP contribution in [-0.2, 0) is 0 Å². The second-order valence-electron chi connectivity index (χ2n) is 9.03. The van der Waals surface area contributed by atoms with E-state index in [4.69, 9.17) is 26.8 Å². The fourth-order valence-electron chi connectivity index (χ4n) is 3.55. The van der Waals surface area contributed by atoms with Crippen molar-refractivity contribution in [1.29, 1.82) is 0 Å². The average Bonchev–Trinajstić information content (AvgIpc) is 3.02. The fourth-order valence-corrected chi connectivity index (χ4v) is 3.55. The maximum absolute atomic E-state index is 11.8. The minimum atomic E-state index is -1.21. The van der Waals surface area contributed by atoms with Gasteiger partial charge in [0.25, 0.3) is 0 Å². The minimum absolute atomic E-state index is 0. The summed E-state index contributed by atoms with van der Waals surface area (Å²) in [4.78, 5) is 32.3. The maximum atomic E-state index is 11.8. The monoisotopic (exact) mass is 693 g/mol. The first-order valence-corrected chi connectivity index (χ1v) is 12.5. The number of aromatic nitrogens is 2. The van der Waals surface area contributed by atoms with E-state index in [0.29, 0.717) is 11.1 Å². The number of carbonyl (C=O) groups excluding carboxylic acids is 2. The Morgan fingerprint density at radius 2 is 1.15 bits per heavy atom. The van der Waals surface area contributed by atoms with Gasteiger partial charge in [-0.1, -0.05) is 66.7 Å². The van der Waals surface area contributed by atoms with Gasteiger partial charge in [0.2, 0.25) is 0 Å². The smallest absolute Gasteiger partial charge is 0.170 e. The van der Waals surface area contributed by atoms with Gasteiger partial charge in [0.05, 0.1) is 42.8 Å². The minimum Gasteiger partial charge on any atom is -0.398 e. The van der Waals surface area contributed by atoms with E-state index in [-0.39, 0.29) is 67.4 Å². The van der Waals surface area contributed by atoms with Gasteiger partial charge >= 0.3 is 0 Å². The van der Waals surface area contributed by atoms with E-state index in [1.54, 1.807) is 60.9 Å². The molecule has 0 saturated heterocycles. The fraction of sp³-hybridized carbons (Fsp3) is 0.161. The quantitative estimate of drug-likeness (QED) is 0.0744. The zero-order chi connectivity index (χ0) is 29.0. The van der Waals surface area contributed by atoms with Crippen molar-refractivity contribution in [3.05, 3.63) is 115 Å². The van der Waals surface area contributed by atoms with Crippen LogP contribution < -0.4 is 11.5 Å². The Balaban J connectivity index is 0.000000226. The topological polar surface area (TPSA) is 173 Å². The van der Waals surface area contributed by atoms with Crippen LogP contribution in [-0.4, -0.2) is 62.2 Å². The molecular weight excluding hydrogens is 660 g/mol. The number of Topliss-reactive ketones (excluding diaryl/α,β-unsaturated/α-hetero) is 2. The number of rotatable bonds is 7. The van der Waals surface area contributed by atoms with Gasteiger partial charge in [0.15, 0.2) is 11.6 Å². The van der Waals surface area contributed by atoms with Gasteiger partial charge in [-0.25, -0.2) is 0 Å². The third-order valence-electron chi connectivity index (χ3n) is 5.95. The SMILES string of the molecule is NC(CO)(CO)CO.Nc1cc2cccnc2c2ncccc12.O=C(CC(=O)c1ccccc1)c1ccccc1.[Eu]. The van der Waals surface area contributed by atoms with Gasteiger partial charge < -0.3 is 26.8 Å². The van der Waals surface area contributed by atoms with E-state index in [1.165, 1.54) is 0 Å². The Morgan fingerprint density at radius 3 is 1.61 bits per heavy atom. The molecular formula is C31H32EuN4O5. The first kappa shape index (κ1) is 34.2. The third kappa shape index (κ3) is 9.83. The van der Waals surface area contributed by atoms with Gasteiger partial charge in [-0.3, -0.25) is 19.6 Å². The van der Waals surface area contributed by atoms with Gasteiger partial charge in [-0.15, -0.1) is 0 Å². The molecule has 0 aliphatic carbocycles. The van der Waals surface area contributed by atoms with Crippen LogP contribution in [0.15, 0.2) is 103 Å². The maximum Gasteiger partial charge on any atom is 0.170 e. The average molecular weight is 693 g/mol. The van der Waals surface area contributed by atoms with Crippen molar-refractivity contribution in [2.45, 2.75) is 12.0 Å². The van der Waals surface area contributed by atoms with Crippen molar-refractivity contribution in [1.82, 2.24) is 9.97 Å². The van der Waals surface area contributed by atoms with E-state index in [9.17, 15) is 9.59 Å². The largest absolute Gasteiger partial charge is 0.398 e. The van der Waals surface area contributed by atoms with Crippen molar-refractivity contribution in [2.24, 2.45) is 5.73 Å². The number of aliphatic hydroxyl groups is 3. The number of nitrogens with two attached hydrogens (primary N) is 2. The van der Waals surface area contributed by atoms with E-state index in [1.807, 2.05) is 42.5 Å². The summed E-state index contributed by atoms with van der Waals surface area (Å²) in [5, 5.41) is 27.0. The summed E-state index contributed by atoms with van der Waals surface area (Å²) < 4.78 is 0. The number of benzene rings is 3. The Bertz CT molecular complexity index is 1490. The Hall–Kier alpha value is -2.96. The first-order chi connectivity index (χ1) is 19.3. The Morgan fingerprint density at radius 1 is 0.683 bits per heavy atom. The summed E-state index contributed by atoms with van der Waals surface area (Å²) in [5.74, 6) is -0.279. The van der Waals surface area contributed by atoms with E-state index < -0.39 is 25.4 Å². The molecule has 0 unspecified atom stereocenters. The summed E-state index contributed by atoms with van der Waals surface area (Å²) in [6.07, 6.45) is 3.45. The van der Waals surface area contributed by atoms with Crippen molar-refractivity contribution in [3.63, 3.8) is 0 Å². The summed E-state index contributed by atoms with van der Waals surface area (Å²) in [6.45, 7) is -1.21. The molecule has 10 heteroatoms. The number of nitrogen functional groups attached to an aromatic ring is 1. The number of hydrogen-bond donors (Lipinski definition) is 5. The number of ketones is 2. The van der Waals surface area contributed by atoms with Crippen molar-refractivity contribution < 1.29 is 74.3 Å². The molecule has 5 aromatic rings. The van der Waals surface area contributed by atoms with E-state index in [2.05, 4.69) is 9.97 Å². The number of anilines is 1. The molecule has 0 atom stereocenters. The number of carbonyl (C=O) groups is 2. The molecule has 0 bridgehead atoms. The molecule has 1 radical (unpaired) electrons. The van der Waals surface area contributed by atoms with Crippen LogP contribution in [0, 0.1) is 49.4 Å². The van der Waals surface area contributed by atoms with Gasteiger partial charge in [0.1, 0.15) is 0 Å². The molecule has 0 aliphatic heterocycles. The standard InChI is InChI=1S/C15H12O2.C12H9N3.C4H11NO3.Eu/c16-14(12-7-3-1-4-8-12)11-15(17)13-9-5-2-6-10-13;13-10-7-8-3-1-5-14-11(8)12-9(10)4-2-6-15-12;5-4(1-6,2-7)3-8;/h1-10H,11H2;1-7H,13H2;6-8H,1-3,5H2;. The van der Waals surface area contributed by atoms with Crippen molar-refractivity contribution >= 4 is 39.1 Å². The molecule has 7 N–H and O–H groups in total. The molecule has 3 aromatic carbocycles. The van der Waals surface area contributed by atoms with Crippen LogP contribution in [0.5, 0.6) is 0 Å². The number of pyridine rings is 2. The molecule has 0 amide bonds. The zero-order valence-corrected chi connectivity index (χ0v) is 24.7. The third-order valence-corrected chi connectivity index (χ3v) is 5.95. The second-order valence-corrected chi connectivity index (χ2v) is 9.03. The molecule has 9 nitrogen and oxygen atoms in total. The normalized spacial score (nSPS) is 10.4. The summed E-state index contributed by atoms with van der Waals surface area (Å²) in [6, 6.07) is 27.4. The number of fused-ring (bicyclic) bond motifs is 3. The summed E-state index contributed by atoms with van der Waals surface area (Å²) >= 11 is 0. The van der Waals surface area contributed by atoms with Crippen LogP contribution in [0.4, 0.5) is 5.69 Å². The molecule has 0 aliphatic rings. The van der Waals surface area contributed by atoms with Gasteiger partial charge in [0, 0.05) is 89.4 Å². The number of aliphatic hydroxyl groups excluding tert-OH is 3. The number of nitrogens with zero attached hydrogens (tertiary/aromatic N) is 2. The molecule has 2 aromatic heterocycles. The predicted octanol–water partition coefficient (Wildman–Crippen LogP) is 3.17. The first-order valence-electron chi connectivity index (χ1n) is 12.5. The molecule has 5 rings (SSSR count). The molecule has 2 heterocycles.